The molecule has 1 aromatic rings. The zero-order valence-electron chi connectivity index (χ0n) is 10.1. The fourth-order valence-corrected chi connectivity index (χ4v) is 2.48. The molecule has 3 N–H and O–H groups in total. The van der Waals surface area contributed by atoms with Crippen molar-refractivity contribution in [3.8, 4) is 5.75 Å². The number of carbonyl (C=O) groups excluding carboxylic acids is 2. The summed E-state index contributed by atoms with van der Waals surface area (Å²) in [5.41, 5.74) is 0.855. The molecule has 0 fully saturated rings. The first-order valence-corrected chi connectivity index (χ1v) is 5.61. The second-order valence-corrected chi connectivity index (χ2v) is 4.56. The lowest BCUT2D eigenvalue weighted by molar-refractivity contribution is 0.00853. The molecule has 5 nitrogen and oxygen atoms in total. The third kappa shape index (κ3) is 1.72. The highest BCUT2D eigenvalue weighted by Gasteiger charge is 2.34. The summed E-state index contributed by atoms with van der Waals surface area (Å²) in [5, 5.41) is 29.1. The number of aliphatic hydroxyl groups excluding tert-OH is 2. The van der Waals surface area contributed by atoms with Crippen LogP contribution in [0.4, 0.5) is 0 Å². The minimum atomic E-state index is -1.22. The van der Waals surface area contributed by atoms with E-state index in [-0.39, 0.29) is 40.4 Å². The number of benzene rings is 1. The molecule has 2 rings (SSSR count). The van der Waals surface area contributed by atoms with E-state index in [1.165, 1.54) is 13.0 Å². The Balaban J connectivity index is 2.76. The molecule has 0 aromatic heterocycles. The first-order valence-electron chi connectivity index (χ1n) is 5.61. The van der Waals surface area contributed by atoms with Gasteiger partial charge in [0.15, 0.2) is 11.6 Å². The average molecular weight is 250 g/mol. The molecule has 0 saturated heterocycles. The van der Waals surface area contributed by atoms with E-state index >= 15 is 0 Å². The minimum absolute atomic E-state index is 0.0886. The van der Waals surface area contributed by atoms with Gasteiger partial charge in [0.1, 0.15) is 11.9 Å². The number of carbonyl (C=O) groups is 2. The Hall–Kier alpha value is -1.72. The van der Waals surface area contributed by atoms with Crippen LogP contribution in [0.3, 0.4) is 0 Å². The van der Waals surface area contributed by atoms with Gasteiger partial charge in [-0.25, -0.2) is 0 Å². The van der Waals surface area contributed by atoms with Crippen LogP contribution >= 0.6 is 0 Å². The number of ketones is 2. The van der Waals surface area contributed by atoms with E-state index in [0.29, 0.717) is 5.56 Å². The van der Waals surface area contributed by atoms with Gasteiger partial charge in [-0.2, -0.15) is 0 Å². The van der Waals surface area contributed by atoms with Gasteiger partial charge in [0.05, 0.1) is 11.7 Å². The van der Waals surface area contributed by atoms with Gasteiger partial charge in [-0.05, 0) is 31.0 Å². The number of rotatable bonds is 1. The Kier molecular flexibility index (Phi) is 2.96. The van der Waals surface area contributed by atoms with Crippen LogP contribution in [0.2, 0.25) is 0 Å². The van der Waals surface area contributed by atoms with E-state index in [0.717, 1.165) is 0 Å². The van der Waals surface area contributed by atoms with E-state index < -0.39 is 12.2 Å². The molecular weight excluding hydrogens is 236 g/mol. The SMILES string of the molecule is CC(=O)c1c(O)cc2c(c1C)C(=O)C[C@H](O)[C@@H]2O. The number of phenols is 1. The lowest BCUT2D eigenvalue weighted by atomic mass is 9.81. The molecule has 18 heavy (non-hydrogen) atoms. The second kappa shape index (κ2) is 4.19. The van der Waals surface area contributed by atoms with E-state index in [4.69, 9.17) is 0 Å². The predicted molar refractivity (Wildman–Crippen MR) is 62.8 cm³/mol. The minimum Gasteiger partial charge on any atom is -0.507 e. The summed E-state index contributed by atoms with van der Waals surface area (Å²) in [6.45, 7) is 2.85. The molecule has 2 atom stereocenters. The lowest BCUT2D eigenvalue weighted by Gasteiger charge is -2.27. The van der Waals surface area contributed by atoms with Gasteiger partial charge < -0.3 is 15.3 Å². The Labute approximate surface area is 104 Å². The molecule has 0 radical (unpaired) electrons. The normalized spacial score (nSPS) is 22.8. The van der Waals surface area contributed by atoms with Gasteiger partial charge in [0, 0.05) is 12.0 Å². The third-order valence-electron chi connectivity index (χ3n) is 3.30. The number of hydrogen-bond acceptors (Lipinski definition) is 5. The quantitative estimate of drug-likeness (QED) is 0.643. The fraction of sp³-hybridized carbons (Fsp3) is 0.385. The van der Waals surface area contributed by atoms with Crippen molar-refractivity contribution in [2.24, 2.45) is 0 Å². The van der Waals surface area contributed by atoms with Crippen LogP contribution in [-0.2, 0) is 0 Å². The van der Waals surface area contributed by atoms with Crippen molar-refractivity contribution in [3.63, 3.8) is 0 Å². The van der Waals surface area contributed by atoms with Crippen molar-refractivity contribution < 1.29 is 24.9 Å². The highest BCUT2D eigenvalue weighted by Crippen LogP contribution is 2.37. The number of fused-ring (bicyclic) bond motifs is 1. The zero-order valence-corrected chi connectivity index (χ0v) is 10.1. The smallest absolute Gasteiger partial charge is 0.166 e. The van der Waals surface area contributed by atoms with E-state index in [1.807, 2.05) is 0 Å². The molecule has 96 valence electrons. The second-order valence-electron chi connectivity index (χ2n) is 4.56. The molecule has 5 heteroatoms. The maximum Gasteiger partial charge on any atom is 0.166 e. The maximum absolute atomic E-state index is 11.9. The largest absolute Gasteiger partial charge is 0.507 e. The number of Topliss-reactive ketones (excluding diaryl/α,β-unsaturated/α-hetero) is 2. The Morgan fingerprint density at radius 1 is 1.39 bits per heavy atom. The van der Waals surface area contributed by atoms with Crippen LogP contribution in [0.5, 0.6) is 5.75 Å². The van der Waals surface area contributed by atoms with E-state index in [2.05, 4.69) is 0 Å². The highest BCUT2D eigenvalue weighted by atomic mass is 16.3. The third-order valence-corrected chi connectivity index (χ3v) is 3.30. The summed E-state index contributed by atoms with van der Waals surface area (Å²) in [7, 11) is 0. The summed E-state index contributed by atoms with van der Waals surface area (Å²) >= 11 is 0. The average Bonchev–Trinajstić information content (AvgIpc) is 2.24. The van der Waals surface area contributed by atoms with Crippen molar-refractivity contribution in [2.45, 2.75) is 32.5 Å². The Bertz CT molecular complexity index is 547. The van der Waals surface area contributed by atoms with Crippen LogP contribution in [-0.4, -0.2) is 33.0 Å². The number of aliphatic hydroxyl groups is 2. The van der Waals surface area contributed by atoms with Crippen molar-refractivity contribution in [3.05, 3.63) is 28.3 Å². The summed E-state index contributed by atoms with van der Waals surface area (Å²) in [5.74, 6) is -0.955. The van der Waals surface area contributed by atoms with Gasteiger partial charge in [-0.15, -0.1) is 0 Å². The molecule has 1 aromatic carbocycles. The Morgan fingerprint density at radius 3 is 2.56 bits per heavy atom. The monoisotopic (exact) mass is 250 g/mol. The van der Waals surface area contributed by atoms with Crippen LogP contribution in [0, 0.1) is 6.92 Å². The van der Waals surface area contributed by atoms with Crippen LogP contribution in [0.25, 0.3) is 0 Å². The highest BCUT2D eigenvalue weighted by molar-refractivity contribution is 6.06. The van der Waals surface area contributed by atoms with E-state index in [9.17, 15) is 24.9 Å². The first-order chi connectivity index (χ1) is 8.34. The van der Waals surface area contributed by atoms with Crippen LogP contribution < -0.4 is 0 Å². The molecule has 0 unspecified atom stereocenters. The van der Waals surface area contributed by atoms with Crippen molar-refractivity contribution >= 4 is 11.6 Å². The zero-order chi connectivity index (χ0) is 13.6. The molecule has 0 aliphatic heterocycles. The summed E-state index contributed by atoms with van der Waals surface area (Å²) in [6.07, 6.45) is -2.58. The Morgan fingerprint density at radius 2 is 2.00 bits per heavy atom. The molecular formula is C13H14O5. The van der Waals surface area contributed by atoms with Crippen LogP contribution in [0.1, 0.15) is 51.3 Å². The van der Waals surface area contributed by atoms with Gasteiger partial charge in [0.25, 0.3) is 0 Å². The predicted octanol–water partition coefficient (Wildman–Crippen LogP) is 0.884. The molecule has 1 aliphatic rings. The lowest BCUT2D eigenvalue weighted by Crippen LogP contribution is -2.30. The summed E-state index contributed by atoms with van der Waals surface area (Å²) in [4.78, 5) is 23.3. The molecule has 0 bridgehead atoms. The van der Waals surface area contributed by atoms with E-state index in [1.54, 1.807) is 6.92 Å². The molecule has 1 aliphatic carbocycles. The number of aromatic hydroxyl groups is 1. The molecule has 0 saturated carbocycles. The number of phenolic OH excluding ortho intramolecular Hbond substituents is 1. The van der Waals surface area contributed by atoms with Crippen molar-refractivity contribution in [1.29, 1.82) is 0 Å². The maximum atomic E-state index is 11.9. The first kappa shape index (κ1) is 12.7. The molecule has 0 heterocycles. The standard InChI is InChI=1S/C13H14O5/c1-5-11(6(2)14)8(15)3-7-12(5)9(16)4-10(17)13(7)18/h3,10,13,15,17-18H,4H2,1-2H3/t10-,13+/m0/s1. The van der Waals surface area contributed by atoms with Gasteiger partial charge in [-0.3, -0.25) is 9.59 Å². The van der Waals surface area contributed by atoms with Crippen molar-refractivity contribution in [2.75, 3.05) is 0 Å². The fourth-order valence-electron chi connectivity index (χ4n) is 2.48. The van der Waals surface area contributed by atoms with Gasteiger partial charge in [0.2, 0.25) is 0 Å². The van der Waals surface area contributed by atoms with Gasteiger partial charge >= 0.3 is 0 Å². The summed E-state index contributed by atoms with van der Waals surface area (Å²) in [6, 6.07) is 1.18. The topological polar surface area (TPSA) is 94.8 Å². The summed E-state index contributed by atoms with van der Waals surface area (Å²) < 4.78 is 0. The van der Waals surface area contributed by atoms with Crippen molar-refractivity contribution in [1.82, 2.24) is 0 Å². The number of hydrogen-bond donors (Lipinski definition) is 3. The molecule has 0 amide bonds. The van der Waals surface area contributed by atoms with Gasteiger partial charge in [-0.1, -0.05) is 0 Å². The molecule has 0 spiro atoms. The van der Waals surface area contributed by atoms with Crippen LogP contribution in [0.15, 0.2) is 6.07 Å².